The lowest BCUT2D eigenvalue weighted by Crippen LogP contribution is -2.20. The average molecular weight is 499 g/mol. The van der Waals surface area contributed by atoms with Gasteiger partial charge in [0.15, 0.2) is 17.3 Å². The van der Waals surface area contributed by atoms with Crippen LogP contribution in [0.3, 0.4) is 0 Å². The molecule has 0 atom stereocenters. The van der Waals surface area contributed by atoms with Gasteiger partial charge in [0.2, 0.25) is 0 Å². The van der Waals surface area contributed by atoms with Crippen molar-refractivity contribution in [3.63, 3.8) is 0 Å². The summed E-state index contributed by atoms with van der Waals surface area (Å²) in [5.74, 6) is 2.43. The third-order valence-corrected chi connectivity index (χ3v) is 5.75. The molecule has 0 bridgehead atoms. The van der Waals surface area contributed by atoms with Crippen LogP contribution < -0.4 is 14.2 Å². The topological polar surface area (TPSA) is 89.1 Å². The lowest BCUT2D eigenvalue weighted by Gasteiger charge is -2.13. The van der Waals surface area contributed by atoms with Gasteiger partial charge in [-0.1, -0.05) is 6.07 Å². The van der Waals surface area contributed by atoms with Gasteiger partial charge in [0.25, 0.3) is 0 Å². The number of aromatic nitrogens is 6. The van der Waals surface area contributed by atoms with E-state index in [0.717, 1.165) is 10.2 Å². The zero-order valence-electron chi connectivity index (χ0n) is 19.8. The highest BCUT2D eigenvalue weighted by Crippen LogP contribution is 2.37. The number of aryl methyl sites for hydroxylation is 1. The van der Waals surface area contributed by atoms with Gasteiger partial charge < -0.3 is 18.8 Å². The Hall–Kier alpha value is -4.09. The molecule has 0 saturated heterocycles. The predicted octanol–water partition coefficient (Wildman–Crippen LogP) is 3.87. The summed E-state index contributed by atoms with van der Waals surface area (Å²) in [7, 11) is 3.09. The molecule has 0 amide bonds. The number of hydrogen-bond acceptors (Lipinski definition) is 7. The van der Waals surface area contributed by atoms with E-state index in [2.05, 4.69) is 21.3 Å². The molecule has 0 unspecified atom stereocenters. The van der Waals surface area contributed by atoms with E-state index in [0.29, 0.717) is 59.6 Å². The zero-order chi connectivity index (χ0) is 25.4. The number of hydrogen-bond donors (Lipinski definition) is 0. The number of fused-ring (bicyclic) bond motifs is 3. The molecule has 0 saturated carbocycles. The summed E-state index contributed by atoms with van der Waals surface area (Å²) in [5.41, 5.74) is 2.44. The first-order chi connectivity index (χ1) is 17.3. The van der Waals surface area contributed by atoms with Crippen LogP contribution in [0.1, 0.15) is 17.1 Å². The monoisotopic (exact) mass is 499 g/mol. The van der Waals surface area contributed by atoms with Gasteiger partial charge in [-0.05, 0) is 24.6 Å². The molecule has 5 rings (SSSR count). The van der Waals surface area contributed by atoms with Gasteiger partial charge in [-0.15, -0.1) is 0 Å². The number of methoxy groups -OCH3 is 2. The van der Waals surface area contributed by atoms with Gasteiger partial charge in [-0.25, -0.2) is 14.6 Å². The lowest BCUT2D eigenvalue weighted by molar-refractivity contribution is -0.142. The van der Waals surface area contributed by atoms with Crippen LogP contribution >= 0.6 is 0 Å². The molecule has 1 aliphatic heterocycles. The van der Waals surface area contributed by atoms with E-state index >= 15 is 0 Å². The fraction of sp³-hybridized carbons (Fsp3) is 0.333. The molecular formula is C24H22F3N6O3. The quantitative estimate of drug-likeness (QED) is 0.398. The Labute approximate surface area is 204 Å². The summed E-state index contributed by atoms with van der Waals surface area (Å²) < 4.78 is 59.5. The zero-order valence-corrected chi connectivity index (χ0v) is 19.8. The molecule has 1 aromatic carbocycles. The van der Waals surface area contributed by atoms with Crippen molar-refractivity contribution >= 4 is 0 Å². The second-order valence-electron chi connectivity index (χ2n) is 8.16. The maximum absolute atomic E-state index is 13.4. The molecule has 0 fully saturated rings. The number of ether oxygens (including phenoxy) is 3. The maximum atomic E-state index is 13.4. The van der Waals surface area contributed by atoms with E-state index in [4.69, 9.17) is 19.2 Å². The summed E-state index contributed by atoms with van der Waals surface area (Å²) >= 11 is 0. The Morgan fingerprint density at radius 3 is 2.67 bits per heavy atom. The third-order valence-electron chi connectivity index (χ3n) is 5.75. The lowest BCUT2D eigenvalue weighted by atomic mass is 10.1. The van der Waals surface area contributed by atoms with Crippen molar-refractivity contribution in [3.8, 4) is 40.2 Å². The van der Waals surface area contributed by atoms with E-state index in [-0.39, 0.29) is 11.6 Å². The average Bonchev–Trinajstić information content (AvgIpc) is 3.30. The van der Waals surface area contributed by atoms with Crippen LogP contribution in [0.5, 0.6) is 17.2 Å². The van der Waals surface area contributed by atoms with Crippen molar-refractivity contribution in [3.05, 3.63) is 53.7 Å². The third kappa shape index (κ3) is 4.45. The summed E-state index contributed by atoms with van der Waals surface area (Å²) in [6.45, 7) is 1.03. The van der Waals surface area contributed by atoms with Gasteiger partial charge in [0, 0.05) is 18.7 Å². The smallest absolute Gasteiger partial charge is 0.408 e. The largest absolute Gasteiger partial charge is 0.493 e. The van der Waals surface area contributed by atoms with Crippen molar-refractivity contribution in [2.75, 3.05) is 20.8 Å². The van der Waals surface area contributed by atoms with E-state index in [1.165, 1.54) is 0 Å². The SMILES string of the molecule is COc1ccc(Cc2c(-c3nc(C)nn3CC(F)(F)F)nc3n2CCOc2c[c]ncc2-3)cc1OC. The number of pyridine rings is 1. The molecule has 0 spiro atoms. The fourth-order valence-electron chi connectivity index (χ4n) is 4.26. The van der Waals surface area contributed by atoms with Crippen LogP contribution in [0, 0.1) is 13.1 Å². The minimum absolute atomic E-state index is 0.0406. The molecule has 1 aliphatic rings. The number of benzene rings is 1. The molecule has 4 heterocycles. The van der Waals surface area contributed by atoms with E-state index < -0.39 is 12.7 Å². The van der Waals surface area contributed by atoms with Crippen LogP contribution in [-0.2, 0) is 19.5 Å². The summed E-state index contributed by atoms with van der Waals surface area (Å²) in [4.78, 5) is 13.2. The van der Waals surface area contributed by atoms with Gasteiger partial charge in [-0.2, -0.15) is 18.3 Å². The second kappa shape index (κ2) is 9.17. The molecule has 4 aromatic rings. The van der Waals surface area contributed by atoms with Crippen molar-refractivity contribution in [2.24, 2.45) is 0 Å². The number of rotatable bonds is 6. The number of halogens is 3. The normalized spacial score (nSPS) is 12.9. The highest BCUT2D eigenvalue weighted by Gasteiger charge is 2.33. The van der Waals surface area contributed by atoms with Crippen molar-refractivity contribution in [1.82, 2.24) is 29.3 Å². The Balaban J connectivity index is 1.70. The van der Waals surface area contributed by atoms with Gasteiger partial charge in [0.05, 0.1) is 38.2 Å². The van der Waals surface area contributed by atoms with E-state index in [9.17, 15) is 13.2 Å². The second-order valence-corrected chi connectivity index (χ2v) is 8.16. The number of nitrogens with zero attached hydrogens (tertiary/aromatic N) is 6. The molecule has 3 aromatic heterocycles. The number of alkyl halides is 3. The van der Waals surface area contributed by atoms with Gasteiger partial charge >= 0.3 is 6.18 Å². The Bertz CT molecular complexity index is 1410. The highest BCUT2D eigenvalue weighted by molar-refractivity contribution is 5.69. The Kier molecular flexibility index (Phi) is 6.02. The minimum Gasteiger partial charge on any atom is -0.493 e. The van der Waals surface area contributed by atoms with Crippen molar-refractivity contribution in [2.45, 2.75) is 32.6 Å². The van der Waals surface area contributed by atoms with E-state index in [1.807, 2.05) is 16.7 Å². The number of imidazole rings is 1. The van der Waals surface area contributed by atoms with Crippen LogP contribution in [0.4, 0.5) is 13.2 Å². The standard InChI is InChI=1S/C24H22F3N6O3/c1-14-29-23(33(31-14)13-24(25,26)27)21-17(10-15-4-5-19(34-2)20(11-15)35-3)32-8-9-36-18-6-7-28-12-16(18)22(32)30-21/h4-6,11-12H,8-10,13H2,1-3H3. The van der Waals surface area contributed by atoms with Crippen LogP contribution in [0.25, 0.3) is 22.9 Å². The highest BCUT2D eigenvalue weighted by atomic mass is 19.4. The first-order valence-corrected chi connectivity index (χ1v) is 11.1. The molecule has 1 radical (unpaired) electrons. The van der Waals surface area contributed by atoms with Gasteiger partial charge in [-0.3, -0.25) is 4.98 Å². The molecule has 0 N–H and O–H groups in total. The predicted molar refractivity (Wildman–Crippen MR) is 122 cm³/mol. The van der Waals surface area contributed by atoms with Crippen molar-refractivity contribution in [1.29, 1.82) is 0 Å². The van der Waals surface area contributed by atoms with E-state index in [1.54, 1.807) is 39.5 Å². The summed E-state index contributed by atoms with van der Waals surface area (Å²) in [5, 5.41) is 4.00. The molecular weight excluding hydrogens is 477 g/mol. The first-order valence-electron chi connectivity index (χ1n) is 11.1. The van der Waals surface area contributed by atoms with Crippen LogP contribution in [0.2, 0.25) is 0 Å². The molecule has 36 heavy (non-hydrogen) atoms. The molecule has 12 heteroatoms. The van der Waals surface area contributed by atoms with Crippen LogP contribution in [0.15, 0.2) is 30.5 Å². The fourth-order valence-corrected chi connectivity index (χ4v) is 4.26. The minimum atomic E-state index is -4.48. The summed E-state index contributed by atoms with van der Waals surface area (Å²) in [6.07, 6.45) is 0.182. The summed E-state index contributed by atoms with van der Waals surface area (Å²) in [6, 6.07) is 7.09. The molecule has 187 valence electrons. The van der Waals surface area contributed by atoms with Crippen LogP contribution in [-0.4, -0.2) is 56.3 Å². The van der Waals surface area contributed by atoms with Crippen molar-refractivity contribution < 1.29 is 27.4 Å². The van der Waals surface area contributed by atoms with Gasteiger partial charge in [0.1, 0.15) is 36.2 Å². The molecule has 9 nitrogen and oxygen atoms in total. The Morgan fingerprint density at radius 1 is 1.11 bits per heavy atom. The molecule has 0 aliphatic carbocycles. The maximum Gasteiger partial charge on any atom is 0.408 e. The Morgan fingerprint density at radius 2 is 1.92 bits per heavy atom. The first kappa shape index (κ1) is 23.6.